The van der Waals surface area contributed by atoms with Gasteiger partial charge in [0.2, 0.25) is 0 Å². The molecule has 0 saturated carbocycles. The summed E-state index contributed by atoms with van der Waals surface area (Å²) >= 11 is 0. The number of fused-ring (bicyclic) bond motifs is 6. The first kappa shape index (κ1) is 53.5. The second kappa shape index (κ2) is 14.2. The summed E-state index contributed by atoms with van der Waals surface area (Å²) in [6, 6.07) is 0.370. The Hall–Kier alpha value is -5.12. The molecule has 0 radical (unpaired) electrons. The fraction of sp³-hybridized carbons (Fsp3) is 0.533. The number of hydrogen-bond donors (Lipinski definition) is 2. The van der Waals surface area contributed by atoms with Crippen LogP contribution in [-0.4, -0.2) is 93.4 Å². The van der Waals surface area contributed by atoms with Gasteiger partial charge in [-0.15, -0.1) is 0 Å². The van der Waals surface area contributed by atoms with Crippen LogP contribution >= 0.6 is 0 Å². The maximum Gasteiger partial charge on any atom is 0.460 e. The molecular formula is C30H8F30N2O4. The van der Waals surface area contributed by atoms with Crippen molar-refractivity contribution in [2.45, 2.75) is 96.3 Å². The molecule has 0 amide bonds. The number of nitrogens with one attached hydrogen (secondary N) is 2. The molecule has 4 heterocycles. The number of aromatic amines is 2. The van der Waals surface area contributed by atoms with Gasteiger partial charge >= 0.3 is 83.4 Å². The lowest BCUT2D eigenvalue weighted by Crippen LogP contribution is -2.73. The lowest BCUT2D eigenvalue weighted by molar-refractivity contribution is -0.452. The highest BCUT2D eigenvalue weighted by Crippen LogP contribution is 2.65. The topological polar surface area (TPSA) is 99.9 Å². The zero-order valence-electron chi connectivity index (χ0n) is 29.5. The summed E-state index contributed by atoms with van der Waals surface area (Å²) in [5, 5.41) is -12.0. The molecule has 66 heavy (non-hydrogen) atoms. The molecule has 2 N–H and O–H groups in total. The maximum atomic E-state index is 15.5. The first-order valence-corrected chi connectivity index (χ1v) is 15.8. The van der Waals surface area contributed by atoms with E-state index in [9.17, 15) is 116 Å². The van der Waals surface area contributed by atoms with Crippen molar-refractivity contribution in [3.8, 4) is 0 Å². The van der Waals surface area contributed by atoms with Gasteiger partial charge in [-0.25, -0.2) is 0 Å². The predicted molar refractivity (Wildman–Crippen MR) is 154 cm³/mol. The Morgan fingerprint density at radius 1 is 0.288 bits per heavy atom. The summed E-state index contributed by atoms with van der Waals surface area (Å²) < 4.78 is 421. The van der Waals surface area contributed by atoms with E-state index in [1.807, 2.05) is 0 Å². The Labute approximate surface area is 335 Å². The number of rotatable bonds is 14. The van der Waals surface area contributed by atoms with Gasteiger partial charge in [-0.3, -0.25) is 29.1 Å². The van der Waals surface area contributed by atoms with Crippen molar-refractivity contribution in [1.82, 2.24) is 9.97 Å². The van der Waals surface area contributed by atoms with Crippen molar-refractivity contribution in [3.05, 3.63) is 64.7 Å². The number of halogens is 30. The number of benzene rings is 2. The van der Waals surface area contributed by atoms with E-state index in [0.29, 0.717) is 0 Å². The monoisotopic (exact) mass is 1030 g/mol. The summed E-state index contributed by atoms with van der Waals surface area (Å²) in [5.74, 6) is -105. The molecule has 0 aliphatic carbocycles. The average molecular weight is 1030 g/mol. The second-order valence-electron chi connectivity index (χ2n) is 13.7. The first-order chi connectivity index (χ1) is 28.8. The summed E-state index contributed by atoms with van der Waals surface area (Å²) in [7, 11) is 0. The van der Waals surface area contributed by atoms with Gasteiger partial charge in [0.05, 0.1) is 10.8 Å². The first-order valence-electron chi connectivity index (χ1n) is 15.8. The van der Waals surface area contributed by atoms with Crippen molar-refractivity contribution in [2.24, 2.45) is 0 Å². The smallest absolute Gasteiger partial charge is 0.288 e. The summed E-state index contributed by atoms with van der Waals surface area (Å²) in [6.45, 7) is 0. The van der Waals surface area contributed by atoms with Gasteiger partial charge in [-0.2, -0.15) is 132 Å². The molecule has 4 bridgehead atoms. The van der Waals surface area contributed by atoms with Crippen LogP contribution in [-0.2, 0) is 12.8 Å². The van der Waals surface area contributed by atoms with E-state index in [1.165, 1.54) is 4.98 Å². The quantitative estimate of drug-likeness (QED) is 0.123. The van der Waals surface area contributed by atoms with E-state index in [4.69, 9.17) is 0 Å². The van der Waals surface area contributed by atoms with Gasteiger partial charge in [0.25, 0.3) is 22.2 Å². The fourth-order valence-corrected chi connectivity index (χ4v) is 6.13. The molecule has 6 aromatic rings. The Kier molecular flexibility index (Phi) is 11.5. The number of alkyl halides is 30. The van der Waals surface area contributed by atoms with Gasteiger partial charge in [0.1, 0.15) is 0 Å². The lowest BCUT2D eigenvalue weighted by Gasteiger charge is -2.42. The van der Waals surface area contributed by atoms with Crippen LogP contribution < -0.4 is 22.2 Å². The van der Waals surface area contributed by atoms with Crippen LogP contribution in [0.2, 0.25) is 0 Å². The van der Waals surface area contributed by atoms with Crippen LogP contribution in [0.1, 0.15) is 11.1 Å². The third kappa shape index (κ3) is 6.52. The molecule has 0 spiro atoms. The largest absolute Gasteiger partial charge is 0.460 e. The second-order valence-corrected chi connectivity index (χ2v) is 13.7. The Balaban J connectivity index is 2.18. The summed E-state index contributed by atoms with van der Waals surface area (Å²) in [4.78, 5) is 53.6. The molecule has 6 nitrogen and oxygen atoms in total. The standard InChI is InChI=1S/C30H8F30N2O4/c31-17(32,19(35,36)21(39,40)23(43,44)25(47,48)27(51,52)29(55,56)57)3-7-8(12-10-6-2-1-5(13(63)61-14(6)64)9(10)11(7)15(65)62-16(12)66)4-18(33,34)20(37,38)22(41,42)24(45,46)26(49,50)28(53,54)30(58,59)60/h1-2H,3-4H2,(H,61,63,64)(H,62,65,66). The van der Waals surface area contributed by atoms with E-state index in [-0.39, 0.29) is 12.1 Å². The Morgan fingerprint density at radius 3 is 0.742 bits per heavy atom. The van der Waals surface area contributed by atoms with Crippen LogP contribution in [0.5, 0.6) is 0 Å². The van der Waals surface area contributed by atoms with Gasteiger partial charge < -0.3 is 0 Å². The molecule has 0 aliphatic rings. The molecule has 6 rings (SSSR count). The summed E-state index contributed by atoms with van der Waals surface area (Å²) in [5.41, 5.74) is -16.0. The highest BCUT2D eigenvalue weighted by atomic mass is 19.4. The van der Waals surface area contributed by atoms with Crippen LogP contribution in [0.25, 0.3) is 32.3 Å². The number of hydrogen-bond acceptors (Lipinski definition) is 4. The van der Waals surface area contributed by atoms with Gasteiger partial charge in [-0.1, -0.05) is 0 Å². The average Bonchev–Trinajstić information content (AvgIpc) is 3.42. The minimum Gasteiger partial charge on any atom is -0.288 e. The van der Waals surface area contributed by atoms with Crippen molar-refractivity contribution < 1.29 is 132 Å². The minimum absolute atomic E-state index is 0.185. The molecule has 0 unspecified atom stereocenters. The number of aromatic nitrogens is 2. The van der Waals surface area contributed by atoms with E-state index >= 15 is 35.1 Å². The van der Waals surface area contributed by atoms with Crippen LogP contribution in [0.15, 0.2) is 31.3 Å². The molecule has 0 saturated heterocycles. The van der Waals surface area contributed by atoms with E-state index < -0.39 is 162 Å². The zero-order chi connectivity index (χ0) is 52.2. The third-order valence-corrected chi connectivity index (χ3v) is 9.65. The van der Waals surface area contributed by atoms with Crippen LogP contribution in [0.4, 0.5) is 132 Å². The Bertz CT molecular complexity index is 2620. The Morgan fingerprint density at radius 2 is 0.500 bits per heavy atom. The minimum atomic E-state index is -9.14. The molecular weight excluding hydrogens is 1020 g/mol. The SMILES string of the molecule is O=c1[nH]c(=O)c2ccc1c1c3c(CC(F)(F)C(F)(F)C(F)(F)C(F)(F)C(F)(F)C(F)(F)C(F)(F)F)c(CC(F)(F)C(F)(F)C(F)(F)C(F)(F)C(F)(F)C(F)(F)C(F)(F)F)c(c(=O)[nH]c3=O)c21. The van der Waals surface area contributed by atoms with Crippen molar-refractivity contribution >= 4 is 32.3 Å². The van der Waals surface area contributed by atoms with Gasteiger partial charge in [0.15, 0.2) is 0 Å². The molecule has 372 valence electrons. The molecule has 0 aliphatic heterocycles. The zero-order valence-corrected chi connectivity index (χ0v) is 29.5. The molecule has 0 atom stereocenters. The van der Waals surface area contributed by atoms with Crippen molar-refractivity contribution in [3.63, 3.8) is 0 Å². The molecule has 2 aromatic carbocycles. The van der Waals surface area contributed by atoms with Gasteiger partial charge in [0, 0.05) is 34.4 Å². The van der Waals surface area contributed by atoms with E-state index in [2.05, 4.69) is 0 Å². The number of H-pyrrole nitrogens is 2. The normalized spacial score (nSPS) is 15.8. The highest BCUT2D eigenvalue weighted by molar-refractivity contribution is 6.24. The van der Waals surface area contributed by atoms with Crippen LogP contribution in [0, 0.1) is 0 Å². The fourth-order valence-electron chi connectivity index (χ4n) is 6.13. The van der Waals surface area contributed by atoms with Crippen molar-refractivity contribution in [2.75, 3.05) is 0 Å². The summed E-state index contributed by atoms with van der Waals surface area (Å²) in [6.07, 6.45) is -25.0. The van der Waals surface area contributed by atoms with Crippen LogP contribution in [0.3, 0.4) is 0 Å². The molecule has 0 fully saturated rings. The lowest BCUT2D eigenvalue weighted by atomic mass is 9.82. The molecule has 36 heteroatoms. The van der Waals surface area contributed by atoms with Crippen molar-refractivity contribution in [1.29, 1.82) is 0 Å². The third-order valence-electron chi connectivity index (χ3n) is 9.65. The highest BCUT2D eigenvalue weighted by Gasteiger charge is 2.95. The van der Waals surface area contributed by atoms with Gasteiger partial charge in [-0.05, 0) is 23.3 Å². The van der Waals surface area contributed by atoms with E-state index in [0.717, 1.165) is 4.98 Å². The maximum absolute atomic E-state index is 15.5. The predicted octanol–water partition coefficient (Wildman–Crippen LogP) is 9.95. The van der Waals surface area contributed by atoms with E-state index in [1.54, 1.807) is 0 Å². The molecule has 4 aromatic heterocycles.